The van der Waals surface area contributed by atoms with Gasteiger partial charge in [-0.1, -0.05) is 59.2 Å². The number of benzene rings is 2. The first-order valence-corrected chi connectivity index (χ1v) is 6.50. The Morgan fingerprint density at radius 3 is 2.48 bits per heavy atom. The Morgan fingerprint density at radius 1 is 1.05 bits per heavy atom. The summed E-state index contributed by atoms with van der Waals surface area (Å²) in [5, 5.41) is 14.8. The zero-order chi connectivity index (χ0) is 14.8. The van der Waals surface area contributed by atoms with Crippen LogP contribution in [0.2, 0.25) is 5.15 Å². The van der Waals surface area contributed by atoms with Gasteiger partial charge >= 0.3 is 0 Å². The molecule has 0 bridgehead atoms. The standard InChI is InChI=1S/C15H9ClN2O3/c16-15-13(11-7-4-8-12(9-11)18(19)20)14(21-17-15)10-5-2-1-3-6-10/h1-9H. The first-order chi connectivity index (χ1) is 10.2. The molecule has 0 amide bonds. The molecule has 0 saturated heterocycles. The number of nitrogens with zero attached hydrogens (tertiary/aromatic N) is 2. The van der Waals surface area contributed by atoms with Crippen molar-refractivity contribution in [3.8, 4) is 22.5 Å². The topological polar surface area (TPSA) is 69.2 Å². The number of non-ortho nitro benzene ring substituents is 1. The molecule has 0 aliphatic rings. The maximum absolute atomic E-state index is 10.9. The molecular formula is C15H9ClN2O3. The number of hydrogen-bond donors (Lipinski definition) is 0. The maximum atomic E-state index is 10.9. The van der Waals surface area contributed by atoms with Crippen LogP contribution in [0.3, 0.4) is 0 Å². The van der Waals surface area contributed by atoms with Crippen LogP contribution >= 0.6 is 11.6 Å². The highest BCUT2D eigenvalue weighted by atomic mass is 35.5. The molecule has 0 aliphatic carbocycles. The molecule has 3 rings (SSSR count). The van der Waals surface area contributed by atoms with Gasteiger partial charge in [0.2, 0.25) is 0 Å². The summed E-state index contributed by atoms with van der Waals surface area (Å²) in [7, 11) is 0. The molecule has 0 saturated carbocycles. The number of nitro groups is 1. The van der Waals surface area contributed by atoms with Gasteiger partial charge in [0.05, 0.1) is 10.5 Å². The van der Waals surface area contributed by atoms with Gasteiger partial charge in [-0.15, -0.1) is 0 Å². The minimum Gasteiger partial charge on any atom is -0.354 e. The summed E-state index contributed by atoms with van der Waals surface area (Å²) in [6.45, 7) is 0. The molecule has 104 valence electrons. The number of hydrogen-bond acceptors (Lipinski definition) is 4. The lowest BCUT2D eigenvalue weighted by Crippen LogP contribution is -1.88. The van der Waals surface area contributed by atoms with Crippen molar-refractivity contribution in [1.82, 2.24) is 5.16 Å². The minimum absolute atomic E-state index is 0.0104. The van der Waals surface area contributed by atoms with Gasteiger partial charge < -0.3 is 4.52 Å². The summed E-state index contributed by atoms with van der Waals surface area (Å²) in [5.41, 5.74) is 1.93. The molecule has 0 unspecified atom stereocenters. The Balaban J connectivity index is 2.17. The highest BCUT2D eigenvalue weighted by Gasteiger charge is 2.19. The van der Waals surface area contributed by atoms with Crippen LogP contribution in [0.4, 0.5) is 5.69 Å². The molecule has 0 fully saturated rings. The van der Waals surface area contributed by atoms with Crippen LogP contribution in [0.1, 0.15) is 0 Å². The predicted octanol–water partition coefficient (Wildman–Crippen LogP) is 4.57. The lowest BCUT2D eigenvalue weighted by Gasteiger charge is -2.02. The van der Waals surface area contributed by atoms with Crippen LogP contribution < -0.4 is 0 Å². The highest BCUT2D eigenvalue weighted by Crippen LogP contribution is 2.38. The molecule has 0 aliphatic heterocycles. The molecule has 6 heteroatoms. The van der Waals surface area contributed by atoms with Crippen molar-refractivity contribution >= 4 is 17.3 Å². The monoisotopic (exact) mass is 300 g/mol. The fourth-order valence-corrected chi connectivity index (χ4v) is 2.31. The van der Waals surface area contributed by atoms with Gasteiger partial charge in [0, 0.05) is 17.7 Å². The van der Waals surface area contributed by atoms with Crippen molar-refractivity contribution in [1.29, 1.82) is 0 Å². The zero-order valence-corrected chi connectivity index (χ0v) is 11.4. The van der Waals surface area contributed by atoms with Crippen molar-refractivity contribution in [2.45, 2.75) is 0 Å². The number of rotatable bonds is 3. The molecule has 5 nitrogen and oxygen atoms in total. The summed E-state index contributed by atoms with van der Waals surface area (Å²) in [4.78, 5) is 10.4. The number of aromatic nitrogens is 1. The van der Waals surface area contributed by atoms with Crippen molar-refractivity contribution in [2.75, 3.05) is 0 Å². The summed E-state index contributed by atoms with van der Waals surface area (Å²) >= 11 is 6.09. The van der Waals surface area contributed by atoms with E-state index < -0.39 is 4.92 Å². The van der Waals surface area contributed by atoms with Crippen LogP contribution in [0.25, 0.3) is 22.5 Å². The lowest BCUT2D eigenvalue weighted by atomic mass is 10.0. The van der Waals surface area contributed by atoms with Crippen molar-refractivity contribution in [3.63, 3.8) is 0 Å². The molecule has 1 heterocycles. The number of nitro benzene ring substituents is 1. The summed E-state index contributed by atoms with van der Waals surface area (Å²) in [6.07, 6.45) is 0. The third kappa shape index (κ3) is 2.51. The van der Waals surface area contributed by atoms with Gasteiger partial charge in [0.15, 0.2) is 10.9 Å². The second-order valence-electron chi connectivity index (χ2n) is 4.35. The van der Waals surface area contributed by atoms with Crippen molar-refractivity contribution in [2.24, 2.45) is 0 Å². The molecule has 3 aromatic rings. The van der Waals surface area contributed by atoms with E-state index in [0.29, 0.717) is 16.9 Å². The molecule has 0 spiro atoms. The highest BCUT2D eigenvalue weighted by molar-refractivity contribution is 6.32. The zero-order valence-electron chi connectivity index (χ0n) is 10.7. The van der Waals surface area contributed by atoms with E-state index in [4.69, 9.17) is 16.1 Å². The third-order valence-corrected chi connectivity index (χ3v) is 3.29. The average Bonchev–Trinajstić information content (AvgIpc) is 2.90. The smallest absolute Gasteiger partial charge is 0.270 e. The van der Waals surface area contributed by atoms with E-state index in [2.05, 4.69) is 5.16 Å². The van der Waals surface area contributed by atoms with Crippen molar-refractivity contribution in [3.05, 3.63) is 69.9 Å². The van der Waals surface area contributed by atoms with E-state index in [0.717, 1.165) is 5.56 Å². The fraction of sp³-hybridized carbons (Fsp3) is 0. The van der Waals surface area contributed by atoms with E-state index >= 15 is 0 Å². The molecule has 1 aromatic heterocycles. The SMILES string of the molecule is O=[N+]([O-])c1cccc(-c2c(Cl)noc2-c2ccccc2)c1. The molecular weight excluding hydrogens is 292 g/mol. The van der Waals surface area contributed by atoms with Crippen LogP contribution in [-0.2, 0) is 0 Å². The van der Waals surface area contributed by atoms with E-state index in [9.17, 15) is 10.1 Å². The summed E-state index contributed by atoms with van der Waals surface area (Å²) < 4.78 is 5.28. The first-order valence-electron chi connectivity index (χ1n) is 6.12. The van der Waals surface area contributed by atoms with E-state index in [1.165, 1.54) is 12.1 Å². The molecule has 0 N–H and O–H groups in total. The quantitative estimate of drug-likeness (QED) is 0.525. The van der Waals surface area contributed by atoms with Gasteiger partial charge in [0.25, 0.3) is 5.69 Å². The Labute approximate surface area is 124 Å². The van der Waals surface area contributed by atoms with Crippen LogP contribution in [-0.4, -0.2) is 10.1 Å². The van der Waals surface area contributed by atoms with Gasteiger partial charge in [0.1, 0.15) is 0 Å². The minimum atomic E-state index is -0.451. The number of halogens is 1. The largest absolute Gasteiger partial charge is 0.354 e. The van der Waals surface area contributed by atoms with Crippen LogP contribution in [0.5, 0.6) is 0 Å². The molecule has 0 radical (unpaired) electrons. The Kier molecular flexibility index (Phi) is 3.41. The summed E-state index contributed by atoms with van der Waals surface area (Å²) in [5.74, 6) is 0.487. The van der Waals surface area contributed by atoms with E-state index in [1.807, 2.05) is 30.3 Å². The summed E-state index contributed by atoms with van der Waals surface area (Å²) in [6, 6.07) is 15.5. The van der Waals surface area contributed by atoms with E-state index in [-0.39, 0.29) is 10.8 Å². The van der Waals surface area contributed by atoms with Gasteiger partial charge in [-0.25, -0.2) is 0 Å². The molecule has 2 aromatic carbocycles. The third-order valence-electron chi connectivity index (χ3n) is 3.03. The van der Waals surface area contributed by atoms with Crippen LogP contribution in [0.15, 0.2) is 59.1 Å². The second kappa shape index (κ2) is 5.38. The Hall–Kier alpha value is -2.66. The van der Waals surface area contributed by atoms with Crippen molar-refractivity contribution < 1.29 is 9.45 Å². The molecule has 21 heavy (non-hydrogen) atoms. The van der Waals surface area contributed by atoms with Gasteiger partial charge in [-0.2, -0.15) is 0 Å². The van der Waals surface area contributed by atoms with Crippen LogP contribution in [0, 0.1) is 10.1 Å². The fourth-order valence-electron chi connectivity index (χ4n) is 2.08. The Morgan fingerprint density at radius 2 is 1.76 bits per heavy atom. The Bertz CT molecular complexity index is 800. The lowest BCUT2D eigenvalue weighted by molar-refractivity contribution is -0.384. The average molecular weight is 301 g/mol. The second-order valence-corrected chi connectivity index (χ2v) is 4.71. The normalized spacial score (nSPS) is 10.5. The van der Waals surface area contributed by atoms with E-state index in [1.54, 1.807) is 12.1 Å². The van der Waals surface area contributed by atoms with Gasteiger partial charge in [-0.05, 0) is 5.56 Å². The first kappa shape index (κ1) is 13.3. The van der Waals surface area contributed by atoms with Gasteiger partial charge in [-0.3, -0.25) is 10.1 Å². The molecule has 0 atom stereocenters. The maximum Gasteiger partial charge on any atom is 0.270 e. The predicted molar refractivity (Wildman–Crippen MR) is 79.0 cm³/mol.